The van der Waals surface area contributed by atoms with Crippen LogP contribution in [-0.4, -0.2) is 69.0 Å². The molecule has 31 heavy (non-hydrogen) atoms. The molecule has 9 nitrogen and oxygen atoms in total. The lowest BCUT2D eigenvalue weighted by atomic mass is 10.1. The zero-order valence-electron chi connectivity index (χ0n) is 18.3. The molecule has 1 saturated heterocycles. The Balaban J connectivity index is 1.89. The van der Waals surface area contributed by atoms with Crippen molar-refractivity contribution in [3.63, 3.8) is 0 Å². The predicted octanol–water partition coefficient (Wildman–Crippen LogP) is 3.61. The maximum absolute atomic E-state index is 13.4. The highest BCUT2D eigenvalue weighted by atomic mass is 32.2. The van der Waals surface area contributed by atoms with Gasteiger partial charge in [-0.3, -0.25) is 0 Å². The van der Waals surface area contributed by atoms with E-state index < -0.39 is 11.4 Å². The SMILES string of the molecule is COc1nc(SC)nc(N[C@H]2CCCN(C(=O)OC(C)(C)C)C2)c1-c1ncc(F)cn1. The van der Waals surface area contributed by atoms with Gasteiger partial charge < -0.3 is 19.7 Å². The van der Waals surface area contributed by atoms with Gasteiger partial charge in [0.25, 0.3) is 0 Å². The average Bonchev–Trinajstić information content (AvgIpc) is 2.73. The van der Waals surface area contributed by atoms with Crippen molar-refractivity contribution in [2.75, 3.05) is 31.8 Å². The molecule has 0 spiro atoms. The standard InChI is InChI=1S/C20H27FN6O3S/c1-20(2,3)30-19(28)27-8-6-7-13(11-27)24-16-14(15-22-9-12(21)10-23-15)17(29-4)26-18(25-16)31-5/h9-10,13H,6-8,11H2,1-5H3,(H,24,25,26)/t13-/m0/s1. The number of hydrogen-bond donors (Lipinski definition) is 1. The molecule has 0 aromatic carbocycles. The van der Waals surface area contributed by atoms with Crippen LogP contribution in [0, 0.1) is 5.82 Å². The van der Waals surface area contributed by atoms with Crippen molar-refractivity contribution in [1.82, 2.24) is 24.8 Å². The number of aromatic nitrogens is 4. The van der Waals surface area contributed by atoms with Crippen molar-refractivity contribution < 1.29 is 18.7 Å². The number of carbonyl (C=O) groups excluding carboxylic acids is 1. The molecule has 1 amide bonds. The monoisotopic (exact) mass is 450 g/mol. The molecule has 0 radical (unpaired) electrons. The molecule has 3 rings (SSSR count). The summed E-state index contributed by atoms with van der Waals surface area (Å²) in [5, 5.41) is 3.90. The number of anilines is 1. The number of hydrogen-bond acceptors (Lipinski definition) is 9. The van der Waals surface area contributed by atoms with E-state index in [0.717, 1.165) is 25.2 Å². The number of likely N-dealkylation sites (tertiary alicyclic amines) is 1. The number of amides is 1. The molecule has 0 unspecified atom stereocenters. The summed E-state index contributed by atoms with van der Waals surface area (Å²) in [4.78, 5) is 31.3. The van der Waals surface area contributed by atoms with Crippen molar-refractivity contribution in [2.45, 2.75) is 50.4 Å². The van der Waals surface area contributed by atoms with E-state index in [2.05, 4.69) is 25.3 Å². The number of nitrogens with one attached hydrogen (secondary N) is 1. The van der Waals surface area contributed by atoms with E-state index >= 15 is 0 Å². The van der Waals surface area contributed by atoms with Gasteiger partial charge in [0.2, 0.25) is 5.88 Å². The van der Waals surface area contributed by atoms with Crippen LogP contribution in [0.2, 0.25) is 0 Å². The van der Waals surface area contributed by atoms with Gasteiger partial charge in [-0.05, 0) is 39.9 Å². The number of rotatable bonds is 5. The Kier molecular flexibility index (Phi) is 7.14. The smallest absolute Gasteiger partial charge is 0.410 e. The fourth-order valence-corrected chi connectivity index (χ4v) is 3.54. The van der Waals surface area contributed by atoms with Crippen LogP contribution in [0.3, 0.4) is 0 Å². The molecule has 0 saturated carbocycles. The summed E-state index contributed by atoms with van der Waals surface area (Å²) in [6, 6.07) is -0.0743. The Morgan fingerprint density at radius 1 is 1.29 bits per heavy atom. The van der Waals surface area contributed by atoms with Crippen molar-refractivity contribution in [3.8, 4) is 17.3 Å². The first-order valence-electron chi connectivity index (χ1n) is 9.92. The quantitative estimate of drug-likeness (QED) is 0.540. The molecule has 2 aromatic rings. The molecule has 1 N–H and O–H groups in total. The lowest BCUT2D eigenvalue weighted by Gasteiger charge is -2.34. The third-order valence-corrected chi connectivity index (χ3v) is 5.04. The van der Waals surface area contributed by atoms with Gasteiger partial charge in [-0.25, -0.2) is 24.1 Å². The fourth-order valence-electron chi connectivity index (χ4n) is 3.19. The van der Waals surface area contributed by atoms with Crippen molar-refractivity contribution in [1.29, 1.82) is 0 Å². The zero-order valence-corrected chi connectivity index (χ0v) is 19.1. The summed E-state index contributed by atoms with van der Waals surface area (Å²) >= 11 is 1.37. The first-order valence-corrected chi connectivity index (χ1v) is 11.1. The number of ether oxygens (including phenoxy) is 2. The predicted molar refractivity (Wildman–Crippen MR) is 116 cm³/mol. The van der Waals surface area contributed by atoms with Crippen LogP contribution < -0.4 is 10.1 Å². The lowest BCUT2D eigenvalue weighted by molar-refractivity contribution is 0.0206. The average molecular weight is 451 g/mol. The third kappa shape index (κ3) is 5.93. The Morgan fingerprint density at radius 3 is 2.61 bits per heavy atom. The molecule has 1 fully saturated rings. The molecule has 168 valence electrons. The van der Waals surface area contributed by atoms with E-state index in [1.807, 2.05) is 27.0 Å². The highest BCUT2D eigenvalue weighted by Gasteiger charge is 2.29. The highest BCUT2D eigenvalue weighted by molar-refractivity contribution is 7.98. The Bertz CT molecular complexity index is 922. The molecular weight excluding hydrogens is 423 g/mol. The number of thioether (sulfide) groups is 1. The summed E-state index contributed by atoms with van der Waals surface area (Å²) < 4.78 is 24.3. The van der Waals surface area contributed by atoms with Gasteiger partial charge in [-0.1, -0.05) is 11.8 Å². The van der Waals surface area contributed by atoms with Crippen molar-refractivity contribution in [3.05, 3.63) is 18.2 Å². The first-order chi connectivity index (χ1) is 14.7. The van der Waals surface area contributed by atoms with Gasteiger partial charge in [0, 0.05) is 19.1 Å². The van der Waals surface area contributed by atoms with Gasteiger partial charge in [-0.2, -0.15) is 4.98 Å². The van der Waals surface area contributed by atoms with Crippen LogP contribution in [0.5, 0.6) is 5.88 Å². The fraction of sp³-hybridized carbons (Fsp3) is 0.550. The normalized spacial score (nSPS) is 16.7. The molecule has 2 aromatic heterocycles. The van der Waals surface area contributed by atoms with Crippen LogP contribution in [0.4, 0.5) is 15.0 Å². The van der Waals surface area contributed by atoms with Gasteiger partial charge in [0.15, 0.2) is 16.8 Å². The van der Waals surface area contributed by atoms with E-state index in [-0.39, 0.29) is 23.8 Å². The van der Waals surface area contributed by atoms with Crippen LogP contribution >= 0.6 is 11.8 Å². The molecule has 11 heteroatoms. The van der Waals surface area contributed by atoms with Crippen LogP contribution in [0.25, 0.3) is 11.4 Å². The second kappa shape index (κ2) is 9.63. The number of halogens is 1. The highest BCUT2D eigenvalue weighted by Crippen LogP contribution is 2.34. The minimum atomic E-state index is -0.558. The topological polar surface area (TPSA) is 102 Å². The molecule has 0 bridgehead atoms. The first kappa shape index (κ1) is 23.0. The minimum Gasteiger partial charge on any atom is -0.480 e. The van der Waals surface area contributed by atoms with Gasteiger partial charge >= 0.3 is 6.09 Å². The molecule has 0 aliphatic carbocycles. The van der Waals surface area contributed by atoms with E-state index in [4.69, 9.17) is 9.47 Å². The van der Waals surface area contributed by atoms with E-state index in [1.165, 1.54) is 18.9 Å². The van der Waals surface area contributed by atoms with Gasteiger partial charge in [0.05, 0.1) is 19.5 Å². The summed E-state index contributed by atoms with van der Waals surface area (Å²) in [5.41, 5.74) is -0.118. The molecule has 1 aliphatic heterocycles. The number of piperidine rings is 1. The van der Waals surface area contributed by atoms with Gasteiger partial charge in [0.1, 0.15) is 17.0 Å². The number of nitrogens with zero attached hydrogens (tertiary/aromatic N) is 5. The van der Waals surface area contributed by atoms with E-state index in [9.17, 15) is 9.18 Å². The Hall–Kier alpha value is -2.69. The molecular formula is C20H27FN6O3S. The molecule has 1 aliphatic rings. The zero-order chi connectivity index (χ0) is 22.6. The maximum atomic E-state index is 13.4. The summed E-state index contributed by atoms with van der Waals surface area (Å²) in [6.45, 7) is 6.62. The second-order valence-electron chi connectivity index (χ2n) is 8.08. The second-order valence-corrected chi connectivity index (χ2v) is 8.85. The third-order valence-electron chi connectivity index (χ3n) is 4.49. The summed E-state index contributed by atoms with van der Waals surface area (Å²) in [6.07, 6.45) is 5.34. The molecule has 1 atom stereocenters. The number of carbonyl (C=O) groups is 1. The van der Waals surface area contributed by atoms with E-state index in [0.29, 0.717) is 29.6 Å². The Morgan fingerprint density at radius 2 is 2.00 bits per heavy atom. The Labute approximate surface area is 185 Å². The van der Waals surface area contributed by atoms with Crippen molar-refractivity contribution >= 4 is 23.7 Å². The van der Waals surface area contributed by atoms with E-state index in [1.54, 1.807) is 4.90 Å². The largest absolute Gasteiger partial charge is 0.480 e. The van der Waals surface area contributed by atoms with Crippen LogP contribution in [-0.2, 0) is 4.74 Å². The van der Waals surface area contributed by atoms with Gasteiger partial charge in [-0.15, -0.1) is 0 Å². The van der Waals surface area contributed by atoms with Crippen molar-refractivity contribution in [2.24, 2.45) is 0 Å². The summed E-state index contributed by atoms with van der Waals surface area (Å²) in [5.74, 6) is 0.458. The summed E-state index contributed by atoms with van der Waals surface area (Å²) in [7, 11) is 1.49. The number of methoxy groups -OCH3 is 1. The minimum absolute atomic E-state index is 0.0743. The molecule has 3 heterocycles. The van der Waals surface area contributed by atoms with Crippen LogP contribution in [0.1, 0.15) is 33.6 Å². The lowest BCUT2D eigenvalue weighted by Crippen LogP contribution is -2.47. The van der Waals surface area contributed by atoms with Crippen LogP contribution in [0.15, 0.2) is 17.6 Å². The maximum Gasteiger partial charge on any atom is 0.410 e.